The van der Waals surface area contributed by atoms with E-state index in [9.17, 15) is 9.59 Å². The van der Waals surface area contributed by atoms with Crippen molar-refractivity contribution < 1.29 is 9.59 Å². The summed E-state index contributed by atoms with van der Waals surface area (Å²) in [6, 6.07) is 46.4. The van der Waals surface area contributed by atoms with E-state index in [1.165, 1.54) is 0 Å². The van der Waals surface area contributed by atoms with E-state index in [1.807, 2.05) is 121 Å². The van der Waals surface area contributed by atoms with Gasteiger partial charge in [0.25, 0.3) is 0 Å². The Bertz CT molecular complexity index is 1590. The Morgan fingerprint density at radius 2 is 0.744 bits per heavy atom. The van der Waals surface area contributed by atoms with Crippen LogP contribution in [0.2, 0.25) is 0 Å². The topological polar surface area (TPSA) is 65.7 Å². The van der Waals surface area contributed by atoms with Crippen LogP contribution >= 0.6 is 0 Å². The first-order valence-corrected chi connectivity index (χ1v) is 12.9. The first-order chi connectivity index (χ1) is 19.2. The van der Waals surface area contributed by atoms with Crippen LogP contribution in [-0.2, 0) is 5.41 Å². The molecule has 0 spiro atoms. The predicted octanol–water partition coefficient (Wildman–Crippen LogP) is 7.19. The maximum Gasteiger partial charge on any atom is 0.209 e. The number of ketones is 2. The number of aromatic amines is 2. The Morgan fingerprint density at radius 3 is 1.10 bits per heavy atom. The van der Waals surface area contributed by atoms with Crippen molar-refractivity contribution in [1.29, 1.82) is 0 Å². The Balaban J connectivity index is 1.56. The highest BCUT2D eigenvalue weighted by Crippen LogP contribution is 2.44. The lowest BCUT2D eigenvalue weighted by molar-refractivity contribution is 0.102. The van der Waals surface area contributed by atoms with Crippen LogP contribution in [0.4, 0.5) is 0 Å². The van der Waals surface area contributed by atoms with Gasteiger partial charge in [0.1, 0.15) is 5.41 Å². The summed E-state index contributed by atoms with van der Waals surface area (Å²) in [5, 5.41) is 0. The van der Waals surface area contributed by atoms with Gasteiger partial charge in [0.15, 0.2) is 0 Å². The highest BCUT2D eigenvalue weighted by Gasteiger charge is 2.41. The molecule has 0 radical (unpaired) electrons. The minimum Gasteiger partial charge on any atom is -0.354 e. The summed E-state index contributed by atoms with van der Waals surface area (Å²) in [7, 11) is 0. The third kappa shape index (κ3) is 4.32. The summed E-state index contributed by atoms with van der Waals surface area (Å²) < 4.78 is 0. The van der Waals surface area contributed by atoms with Crippen LogP contribution in [0.1, 0.15) is 54.6 Å². The van der Waals surface area contributed by atoms with Crippen LogP contribution in [0.3, 0.4) is 0 Å². The van der Waals surface area contributed by atoms with Crippen molar-refractivity contribution in [3.05, 3.63) is 191 Å². The van der Waals surface area contributed by atoms with Gasteiger partial charge in [-0.3, -0.25) is 9.59 Å². The second kappa shape index (κ2) is 10.3. The van der Waals surface area contributed by atoms with Gasteiger partial charge in [0.05, 0.1) is 11.4 Å². The van der Waals surface area contributed by atoms with Crippen LogP contribution in [0.5, 0.6) is 0 Å². The first-order valence-electron chi connectivity index (χ1n) is 12.9. The number of benzene rings is 4. The molecule has 0 saturated carbocycles. The molecule has 0 aliphatic carbocycles. The van der Waals surface area contributed by atoms with Crippen molar-refractivity contribution in [2.45, 2.75) is 5.41 Å². The number of hydrogen-bond donors (Lipinski definition) is 2. The SMILES string of the molecule is O=C(c1ccccc1)c1ccc(C(c2ccccc2)(c2ccccc2)c2ccc(C(=O)c3ccccc3)[nH]2)[nH]1. The predicted molar refractivity (Wildman–Crippen MR) is 153 cm³/mol. The maximum atomic E-state index is 13.4. The van der Waals surface area contributed by atoms with Crippen molar-refractivity contribution in [3.8, 4) is 0 Å². The van der Waals surface area contributed by atoms with Gasteiger partial charge in [-0.05, 0) is 35.4 Å². The van der Waals surface area contributed by atoms with E-state index >= 15 is 0 Å². The average molecular weight is 507 g/mol. The summed E-state index contributed by atoms with van der Waals surface area (Å²) in [6.45, 7) is 0. The minimum absolute atomic E-state index is 0.0803. The summed E-state index contributed by atoms with van der Waals surface area (Å²) in [5.41, 5.74) is 5.03. The molecule has 0 saturated heterocycles. The number of hydrogen-bond acceptors (Lipinski definition) is 2. The van der Waals surface area contributed by atoms with Crippen molar-refractivity contribution >= 4 is 11.6 Å². The van der Waals surface area contributed by atoms with Gasteiger partial charge in [0.2, 0.25) is 11.6 Å². The highest BCUT2D eigenvalue weighted by atomic mass is 16.1. The molecule has 6 aromatic rings. The Hall–Kier alpha value is -5.22. The van der Waals surface area contributed by atoms with Crippen LogP contribution in [0.25, 0.3) is 0 Å². The molecule has 4 heteroatoms. The van der Waals surface area contributed by atoms with Crippen LogP contribution in [-0.4, -0.2) is 21.5 Å². The van der Waals surface area contributed by atoms with Gasteiger partial charge < -0.3 is 9.97 Å². The molecule has 6 rings (SSSR count). The molecule has 0 aliphatic rings. The second-order valence-electron chi connectivity index (χ2n) is 9.44. The van der Waals surface area contributed by atoms with Gasteiger partial charge in [0, 0.05) is 22.5 Å². The van der Waals surface area contributed by atoms with Gasteiger partial charge in [-0.2, -0.15) is 0 Å². The van der Waals surface area contributed by atoms with E-state index in [0.717, 1.165) is 22.5 Å². The number of carbonyl (C=O) groups excluding carboxylic acids is 2. The number of rotatable bonds is 8. The molecule has 2 N–H and O–H groups in total. The second-order valence-corrected chi connectivity index (χ2v) is 9.44. The zero-order chi connectivity index (χ0) is 26.7. The Morgan fingerprint density at radius 1 is 0.410 bits per heavy atom. The molecule has 188 valence electrons. The largest absolute Gasteiger partial charge is 0.354 e. The van der Waals surface area contributed by atoms with E-state index in [4.69, 9.17) is 0 Å². The number of carbonyl (C=O) groups is 2. The molecule has 2 heterocycles. The van der Waals surface area contributed by atoms with E-state index in [-0.39, 0.29) is 11.6 Å². The lowest BCUT2D eigenvalue weighted by Crippen LogP contribution is -2.32. The molecule has 2 aromatic heterocycles. The fourth-order valence-electron chi connectivity index (χ4n) is 5.29. The van der Waals surface area contributed by atoms with Gasteiger partial charge in [-0.15, -0.1) is 0 Å². The smallest absolute Gasteiger partial charge is 0.209 e. The summed E-state index contributed by atoms with van der Waals surface area (Å²) in [4.78, 5) is 33.7. The van der Waals surface area contributed by atoms with Gasteiger partial charge in [-0.1, -0.05) is 121 Å². The van der Waals surface area contributed by atoms with Crippen molar-refractivity contribution in [3.63, 3.8) is 0 Å². The molecule has 0 amide bonds. The summed E-state index contributed by atoms with van der Waals surface area (Å²) >= 11 is 0. The monoisotopic (exact) mass is 506 g/mol. The fraction of sp³-hybridized carbons (Fsp3) is 0.0286. The third-order valence-electron chi connectivity index (χ3n) is 7.15. The van der Waals surface area contributed by atoms with Crippen molar-refractivity contribution in [2.24, 2.45) is 0 Å². The van der Waals surface area contributed by atoms with Crippen molar-refractivity contribution in [1.82, 2.24) is 9.97 Å². The van der Waals surface area contributed by atoms with Gasteiger partial charge >= 0.3 is 0 Å². The molecule has 0 bridgehead atoms. The lowest BCUT2D eigenvalue weighted by Gasteiger charge is -2.34. The third-order valence-corrected chi connectivity index (χ3v) is 7.15. The van der Waals surface area contributed by atoms with E-state index in [2.05, 4.69) is 34.2 Å². The number of nitrogens with one attached hydrogen (secondary N) is 2. The first kappa shape index (κ1) is 24.1. The molecule has 0 unspecified atom stereocenters. The molecule has 0 atom stereocenters. The summed E-state index contributed by atoms with van der Waals surface area (Å²) in [6.07, 6.45) is 0. The average Bonchev–Trinajstić information content (AvgIpc) is 3.71. The van der Waals surface area contributed by atoms with Crippen LogP contribution in [0.15, 0.2) is 146 Å². The molecular formula is C35H26N2O2. The molecule has 39 heavy (non-hydrogen) atoms. The number of H-pyrrole nitrogens is 2. The summed E-state index contributed by atoms with van der Waals surface area (Å²) in [5.74, 6) is -0.161. The normalized spacial score (nSPS) is 11.3. The van der Waals surface area contributed by atoms with E-state index < -0.39 is 5.41 Å². The molecule has 0 fully saturated rings. The molecule has 4 nitrogen and oxygen atoms in total. The standard InChI is InChI=1S/C35H26N2O2/c38-33(25-13-5-1-6-14-25)29-21-23-31(36-29)35(27-17-9-3-10-18-27,28-19-11-4-12-20-28)32-24-22-30(37-32)34(39)26-15-7-2-8-16-26/h1-24,36-37H. The quantitative estimate of drug-likeness (QED) is 0.215. The molecular weight excluding hydrogens is 480 g/mol. The van der Waals surface area contributed by atoms with Crippen LogP contribution in [0, 0.1) is 0 Å². The highest BCUT2D eigenvalue weighted by molar-refractivity contribution is 6.08. The van der Waals surface area contributed by atoms with Crippen LogP contribution < -0.4 is 0 Å². The number of aromatic nitrogens is 2. The minimum atomic E-state index is -0.840. The van der Waals surface area contributed by atoms with Gasteiger partial charge in [-0.25, -0.2) is 0 Å². The molecule has 0 aliphatic heterocycles. The fourth-order valence-corrected chi connectivity index (χ4v) is 5.29. The van der Waals surface area contributed by atoms with Crippen molar-refractivity contribution in [2.75, 3.05) is 0 Å². The Labute approximate surface area is 227 Å². The molecule has 4 aromatic carbocycles. The zero-order valence-corrected chi connectivity index (χ0v) is 21.2. The zero-order valence-electron chi connectivity index (χ0n) is 21.2. The Kier molecular flexibility index (Phi) is 6.36. The maximum absolute atomic E-state index is 13.4. The lowest BCUT2D eigenvalue weighted by atomic mass is 9.69. The van der Waals surface area contributed by atoms with E-state index in [0.29, 0.717) is 22.5 Å². The van der Waals surface area contributed by atoms with E-state index in [1.54, 1.807) is 0 Å².